The highest BCUT2D eigenvalue weighted by atomic mass is 16.3. The predicted molar refractivity (Wildman–Crippen MR) is 165 cm³/mol. The second-order valence-electron chi connectivity index (χ2n) is 11.2. The Morgan fingerprint density at radius 2 is 1.71 bits per heavy atom. The third-order valence-corrected chi connectivity index (χ3v) is 8.45. The summed E-state index contributed by atoms with van der Waals surface area (Å²) < 4.78 is 0. The Hall–Kier alpha value is -4.20. The molecule has 42 heavy (non-hydrogen) atoms. The van der Waals surface area contributed by atoms with Gasteiger partial charge in [0.05, 0.1) is 30.2 Å². The van der Waals surface area contributed by atoms with Gasteiger partial charge in [-0.2, -0.15) is 0 Å². The van der Waals surface area contributed by atoms with Crippen LogP contribution in [0.2, 0.25) is 0 Å². The summed E-state index contributed by atoms with van der Waals surface area (Å²) in [6, 6.07) is 23.9. The number of phenolic OH excluding ortho intramolecular Hbond substituents is 1. The number of phenols is 1. The number of carbonyl (C=O) groups excluding carboxylic acids is 2. The minimum atomic E-state index is -0.842. The van der Waals surface area contributed by atoms with E-state index in [0.717, 1.165) is 28.1 Å². The van der Waals surface area contributed by atoms with Crippen molar-refractivity contribution >= 4 is 35.0 Å². The highest BCUT2D eigenvalue weighted by Gasteiger charge is 2.55. The predicted octanol–water partition coefficient (Wildman–Crippen LogP) is 6.20. The molecule has 4 atom stereocenters. The molecule has 0 spiro atoms. The Kier molecular flexibility index (Phi) is 8.90. The zero-order chi connectivity index (χ0) is 29.8. The lowest BCUT2D eigenvalue weighted by Gasteiger charge is -2.36. The molecule has 3 aromatic carbocycles. The highest BCUT2D eigenvalue weighted by Crippen LogP contribution is 2.48. The van der Waals surface area contributed by atoms with Crippen LogP contribution >= 0.6 is 0 Å². The topological polar surface area (TPSA) is 110 Å². The van der Waals surface area contributed by atoms with Crippen LogP contribution in [0.1, 0.15) is 45.1 Å². The van der Waals surface area contributed by atoms with E-state index in [2.05, 4.69) is 5.32 Å². The lowest BCUT2D eigenvalue weighted by atomic mass is 9.67. The molecule has 5 rings (SSSR count). The molecule has 4 N–H and O–H groups in total. The minimum absolute atomic E-state index is 0.196. The van der Waals surface area contributed by atoms with Crippen LogP contribution in [-0.2, 0) is 9.59 Å². The standard InChI is InChI=1S/C35H38N2O5/c1-3-24-20-29-33(30(21-38)32(24)31(40)17-12-22(2)18-23-8-7-11-28(39)19-23)35(42)37(34(29)41)27-15-13-26(14-16-27)36-25-9-5-4-6-10-25/h4-11,13-16,18-19,29-31,33,36,38-40H,3,12,17,20-21H2,1-2H3/b22-18+/t29-,30+,31-,33-/m1/s1. The van der Waals surface area contributed by atoms with E-state index in [1.54, 1.807) is 30.3 Å². The molecule has 0 radical (unpaired) electrons. The fourth-order valence-electron chi connectivity index (χ4n) is 6.43. The number of rotatable bonds is 10. The van der Waals surface area contributed by atoms with Crippen molar-refractivity contribution in [2.24, 2.45) is 17.8 Å². The van der Waals surface area contributed by atoms with Crippen LogP contribution in [0.3, 0.4) is 0 Å². The van der Waals surface area contributed by atoms with Crippen LogP contribution in [0, 0.1) is 17.8 Å². The van der Waals surface area contributed by atoms with Gasteiger partial charge >= 0.3 is 0 Å². The normalized spacial score (nSPS) is 21.5. The van der Waals surface area contributed by atoms with Crippen molar-refractivity contribution in [1.29, 1.82) is 0 Å². The van der Waals surface area contributed by atoms with Gasteiger partial charge in [-0.25, -0.2) is 0 Å². The lowest BCUT2D eigenvalue weighted by molar-refractivity contribution is -0.123. The molecule has 2 aliphatic rings. The van der Waals surface area contributed by atoms with Gasteiger partial charge in [0.2, 0.25) is 11.8 Å². The summed E-state index contributed by atoms with van der Waals surface area (Å²) in [4.78, 5) is 28.7. The van der Waals surface area contributed by atoms with E-state index in [1.807, 2.05) is 68.5 Å². The number of imide groups is 1. The third-order valence-electron chi connectivity index (χ3n) is 8.45. The molecule has 3 aromatic rings. The first kappa shape index (κ1) is 29.3. The molecule has 1 fully saturated rings. The van der Waals surface area contributed by atoms with E-state index in [0.29, 0.717) is 36.9 Å². The second-order valence-corrected chi connectivity index (χ2v) is 11.2. The number of benzene rings is 3. The van der Waals surface area contributed by atoms with Crippen LogP contribution in [0.15, 0.2) is 95.6 Å². The number of hydrogen-bond acceptors (Lipinski definition) is 6. The molecule has 2 amide bonds. The maximum atomic E-state index is 13.8. The van der Waals surface area contributed by atoms with Crippen LogP contribution < -0.4 is 10.2 Å². The van der Waals surface area contributed by atoms with Crippen molar-refractivity contribution in [1.82, 2.24) is 0 Å². The maximum Gasteiger partial charge on any atom is 0.238 e. The number of anilines is 3. The SMILES string of the molecule is CCC1=C([C@H](O)CC/C(C)=C/c2cccc(O)c2)[C@H](CO)[C@@H]2C(=O)N(c3ccc(Nc4ccccc4)cc3)C(=O)[C@@H]2C1. The zero-order valence-electron chi connectivity index (χ0n) is 24.0. The number of allylic oxidation sites excluding steroid dienone is 2. The first-order chi connectivity index (χ1) is 20.3. The van der Waals surface area contributed by atoms with Crippen molar-refractivity contribution in [2.75, 3.05) is 16.8 Å². The number of para-hydroxylation sites is 1. The smallest absolute Gasteiger partial charge is 0.238 e. The van der Waals surface area contributed by atoms with Crippen molar-refractivity contribution in [3.05, 3.63) is 101 Å². The van der Waals surface area contributed by atoms with Gasteiger partial charge in [0.15, 0.2) is 0 Å². The van der Waals surface area contributed by atoms with Crippen LogP contribution in [0.5, 0.6) is 5.75 Å². The largest absolute Gasteiger partial charge is 0.508 e. The summed E-state index contributed by atoms with van der Waals surface area (Å²) in [5, 5.41) is 35.0. The number of amides is 2. The van der Waals surface area contributed by atoms with Gasteiger partial charge in [0.25, 0.3) is 0 Å². The van der Waals surface area contributed by atoms with Crippen LogP contribution in [-0.4, -0.2) is 39.8 Å². The van der Waals surface area contributed by atoms with E-state index < -0.39 is 23.9 Å². The molecular weight excluding hydrogens is 528 g/mol. The molecule has 1 saturated heterocycles. The van der Waals surface area contributed by atoms with Gasteiger partial charge in [0, 0.05) is 17.3 Å². The Bertz CT molecular complexity index is 1500. The molecule has 7 nitrogen and oxygen atoms in total. The second kappa shape index (κ2) is 12.8. The van der Waals surface area contributed by atoms with Gasteiger partial charge in [0.1, 0.15) is 5.75 Å². The summed E-state index contributed by atoms with van der Waals surface area (Å²) in [6.45, 7) is 3.65. The third kappa shape index (κ3) is 6.03. The van der Waals surface area contributed by atoms with Crippen molar-refractivity contribution in [3.63, 3.8) is 0 Å². The van der Waals surface area contributed by atoms with E-state index >= 15 is 0 Å². The number of nitrogens with one attached hydrogen (secondary N) is 1. The Labute approximate surface area is 246 Å². The van der Waals surface area contributed by atoms with E-state index in [1.165, 1.54) is 4.90 Å². The number of hydrogen-bond donors (Lipinski definition) is 4. The Morgan fingerprint density at radius 1 is 1.00 bits per heavy atom. The van der Waals surface area contributed by atoms with Gasteiger partial charge in [-0.1, -0.05) is 54.5 Å². The number of aromatic hydroxyl groups is 1. The number of carbonyl (C=O) groups is 2. The average Bonchev–Trinajstić information content (AvgIpc) is 3.24. The van der Waals surface area contributed by atoms with Crippen molar-refractivity contribution in [3.8, 4) is 5.75 Å². The summed E-state index contributed by atoms with van der Waals surface area (Å²) in [6.07, 6.45) is 3.19. The molecule has 218 valence electrons. The summed E-state index contributed by atoms with van der Waals surface area (Å²) >= 11 is 0. The average molecular weight is 567 g/mol. The molecule has 0 bridgehead atoms. The van der Waals surface area contributed by atoms with Gasteiger partial charge < -0.3 is 20.6 Å². The number of nitrogens with zero attached hydrogens (tertiary/aromatic N) is 1. The van der Waals surface area contributed by atoms with Gasteiger partial charge in [-0.05, 0) is 92.3 Å². The highest BCUT2D eigenvalue weighted by molar-refractivity contribution is 6.22. The lowest BCUT2D eigenvalue weighted by Crippen LogP contribution is -2.39. The number of aliphatic hydroxyl groups is 2. The molecule has 0 unspecified atom stereocenters. The number of aliphatic hydroxyl groups excluding tert-OH is 2. The fourth-order valence-corrected chi connectivity index (χ4v) is 6.43. The van der Waals surface area contributed by atoms with Crippen molar-refractivity contribution in [2.45, 2.75) is 45.6 Å². The summed E-state index contributed by atoms with van der Waals surface area (Å²) in [5.41, 5.74) is 5.84. The van der Waals surface area contributed by atoms with Crippen LogP contribution in [0.4, 0.5) is 17.1 Å². The Balaban J connectivity index is 1.33. The van der Waals surface area contributed by atoms with Gasteiger partial charge in [-0.15, -0.1) is 0 Å². The zero-order valence-corrected chi connectivity index (χ0v) is 24.0. The molecule has 1 aliphatic heterocycles. The fraction of sp³-hybridized carbons (Fsp3) is 0.314. The van der Waals surface area contributed by atoms with Crippen LogP contribution in [0.25, 0.3) is 6.08 Å². The monoisotopic (exact) mass is 566 g/mol. The van der Waals surface area contributed by atoms with Crippen molar-refractivity contribution < 1.29 is 24.9 Å². The van der Waals surface area contributed by atoms with E-state index in [-0.39, 0.29) is 24.2 Å². The van der Waals surface area contributed by atoms with E-state index in [9.17, 15) is 24.9 Å². The van der Waals surface area contributed by atoms with Gasteiger partial charge in [-0.3, -0.25) is 14.5 Å². The quantitative estimate of drug-likeness (QED) is 0.172. The maximum absolute atomic E-state index is 13.8. The molecule has 1 aliphatic carbocycles. The first-order valence-electron chi connectivity index (χ1n) is 14.6. The first-order valence-corrected chi connectivity index (χ1v) is 14.6. The molecule has 1 heterocycles. The summed E-state index contributed by atoms with van der Waals surface area (Å²) in [7, 11) is 0. The Morgan fingerprint density at radius 3 is 2.38 bits per heavy atom. The number of fused-ring (bicyclic) bond motifs is 1. The molecule has 7 heteroatoms. The molecule has 0 saturated carbocycles. The summed E-state index contributed by atoms with van der Waals surface area (Å²) in [5.74, 6) is -2.28. The minimum Gasteiger partial charge on any atom is -0.508 e. The van der Waals surface area contributed by atoms with E-state index in [4.69, 9.17) is 0 Å². The molecular formula is C35H38N2O5. The molecule has 0 aromatic heterocycles.